The van der Waals surface area contributed by atoms with Crippen LogP contribution in [-0.4, -0.2) is 35.4 Å². The quantitative estimate of drug-likeness (QED) is 0.725. The van der Waals surface area contributed by atoms with E-state index in [4.69, 9.17) is 16.3 Å². The van der Waals surface area contributed by atoms with Crippen LogP contribution in [0.1, 0.15) is 26.3 Å². The molecule has 1 atom stereocenters. The second-order valence-electron chi connectivity index (χ2n) is 6.67. The summed E-state index contributed by atoms with van der Waals surface area (Å²) in [7, 11) is 0. The first-order valence-electron chi connectivity index (χ1n) is 9.00. The van der Waals surface area contributed by atoms with Crippen molar-refractivity contribution < 1.29 is 18.7 Å². The summed E-state index contributed by atoms with van der Waals surface area (Å²) in [5.74, 6) is -0.849. The minimum Gasteiger partial charge on any atom is -0.482 e. The molecule has 0 aliphatic rings. The maximum absolute atomic E-state index is 14.1. The number of ether oxygens (including phenoxy) is 1. The van der Waals surface area contributed by atoms with E-state index in [1.807, 2.05) is 13.8 Å². The summed E-state index contributed by atoms with van der Waals surface area (Å²) in [4.78, 5) is 26.6. The third kappa shape index (κ3) is 5.96. The van der Waals surface area contributed by atoms with Gasteiger partial charge < -0.3 is 15.0 Å². The van der Waals surface area contributed by atoms with Gasteiger partial charge in [0.15, 0.2) is 6.61 Å². The number of benzene rings is 2. The predicted molar refractivity (Wildman–Crippen MR) is 107 cm³/mol. The van der Waals surface area contributed by atoms with Crippen molar-refractivity contribution in [2.24, 2.45) is 0 Å². The van der Waals surface area contributed by atoms with Crippen molar-refractivity contribution in [2.45, 2.75) is 39.4 Å². The number of para-hydroxylation sites is 1. The van der Waals surface area contributed by atoms with Gasteiger partial charge in [0.25, 0.3) is 5.91 Å². The minimum absolute atomic E-state index is 0.0515. The molecule has 0 spiro atoms. The highest BCUT2D eigenvalue weighted by atomic mass is 35.5. The molecule has 0 aliphatic carbocycles. The van der Waals surface area contributed by atoms with Crippen LogP contribution in [0.4, 0.5) is 4.39 Å². The molecule has 0 aromatic heterocycles. The van der Waals surface area contributed by atoms with Gasteiger partial charge in [0.05, 0.1) is 5.02 Å². The van der Waals surface area contributed by atoms with Crippen molar-refractivity contribution in [1.82, 2.24) is 10.2 Å². The number of halogens is 2. The molecule has 2 aromatic rings. The van der Waals surface area contributed by atoms with Gasteiger partial charge in [0.2, 0.25) is 5.91 Å². The molecule has 7 heteroatoms. The molecule has 0 aliphatic heterocycles. The lowest BCUT2D eigenvalue weighted by Crippen LogP contribution is -2.50. The maximum atomic E-state index is 14.1. The molecule has 150 valence electrons. The molecule has 5 nitrogen and oxygen atoms in total. The van der Waals surface area contributed by atoms with Crippen LogP contribution in [0.5, 0.6) is 5.75 Å². The molecule has 0 saturated heterocycles. The van der Waals surface area contributed by atoms with Crippen LogP contribution in [-0.2, 0) is 16.1 Å². The van der Waals surface area contributed by atoms with E-state index in [0.717, 1.165) is 0 Å². The summed E-state index contributed by atoms with van der Waals surface area (Å²) in [6, 6.07) is 12.0. The Morgan fingerprint density at radius 1 is 1.11 bits per heavy atom. The van der Waals surface area contributed by atoms with E-state index in [0.29, 0.717) is 16.3 Å². The lowest BCUT2D eigenvalue weighted by Gasteiger charge is -2.29. The molecule has 2 amide bonds. The number of nitrogens with one attached hydrogen (secondary N) is 1. The van der Waals surface area contributed by atoms with E-state index in [1.165, 1.54) is 11.0 Å². The summed E-state index contributed by atoms with van der Waals surface area (Å²) in [5.41, 5.74) is 0.317. The Labute approximate surface area is 169 Å². The maximum Gasteiger partial charge on any atom is 0.261 e. The largest absolute Gasteiger partial charge is 0.482 e. The van der Waals surface area contributed by atoms with E-state index in [-0.39, 0.29) is 25.1 Å². The van der Waals surface area contributed by atoms with E-state index in [2.05, 4.69) is 5.32 Å². The fraction of sp³-hybridized carbons (Fsp3) is 0.333. The monoisotopic (exact) mass is 406 g/mol. The first kappa shape index (κ1) is 21.7. The van der Waals surface area contributed by atoms with Gasteiger partial charge in [-0.25, -0.2) is 4.39 Å². The Bertz CT molecular complexity index is 829. The number of hydrogen-bond donors (Lipinski definition) is 1. The van der Waals surface area contributed by atoms with Gasteiger partial charge in [-0.2, -0.15) is 0 Å². The number of rotatable bonds is 8. The van der Waals surface area contributed by atoms with E-state index in [1.54, 1.807) is 49.4 Å². The molecule has 1 unspecified atom stereocenters. The zero-order valence-electron chi connectivity index (χ0n) is 16.1. The Hall–Kier alpha value is -2.60. The highest BCUT2D eigenvalue weighted by molar-refractivity contribution is 6.32. The number of carbonyl (C=O) groups excluding carboxylic acids is 2. The topological polar surface area (TPSA) is 58.6 Å². The molecule has 0 bridgehead atoms. The van der Waals surface area contributed by atoms with Crippen LogP contribution < -0.4 is 10.1 Å². The minimum atomic E-state index is -0.802. The highest BCUT2D eigenvalue weighted by Crippen LogP contribution is 2.23. The Balaban J connectivity index is 2.18. The van der Waals surface area contributed by atoms with Gasteiger partial charge in [-0.05, 0) is 39.0 Å². The van der Waals surface area contributed by atoms with Gasteiger partial charge in [-0.3, -0.25) is 9.59 Å². The molecule has 0 fully saturated rings. The summed E-state index contributed by atoms with van der Waals surface area (Å²) >= 11 is 6.04. The molecule has 1 N–H and O–H groups in total. The van der Waals surface area contributed by atoms with Crippen LogP contribution in [0, 0.1) is 5.82 Å². The van der Waals surface area contributed by atoms with E-state index >= 15 is 0 Å². The number of amides is 2. The molecule has 0 heterocycles. The standard InChI is InChI=1S/C21H24ClFN2O3/c1-14(2)24-21(27)15(3)25(12-16-8-4-6-10-18(16)23)20(26)13-28-19-11-7-5-9-17(19)22/h4-11,14-15H,12-13H2,1-3H3,(H,24,27). The molecule has 0 radical (unpaired) electrons. The highest BCUT2D eigenvalue weighted by Gasteiger charge is 2.27. The Morgan fingerprint density at radius 2 is 1.75 bits per heavy atom. The Morgan fingerprint density at radius 3 is 2.39 bits per heavy atom. The number of hydrogen-bond acceptors (Lipinski definition) is 3. The van der Waals surface area contributed by atoms with Gasteiger partial charge in [-0.1, -0.05) is 41.9 Å². The molecular formula is C21H24ClFN2O3. The zero-order valence-corrected chi connectivity index (χ0v) is 16.9. The van der Waals surface area contributed by atoms with Crippen molar-refractivity contribution in [3.63, 3.8) is 0 Å². The zero-order chi connectivity index (χ0) is 20.7. The van der Waals surface area contributed by atoms with Crippen LogP contribution in [0.25, 0.3) is 0 Å². The number of carbonyl (C=O) groups is 2. The lowest BCUT2D eigenvalue weighted by molar-refractivity contribution is -0.142. The molecule has 28 heavy (non-hydrogen) atoms. The van der Waals surface area contributed by atoms with Crippen LogP contribution in [0.3, 0.4) is 0 Å². The van der Waals surface area contributed by atoms with Crippen molar-refractivity contribution >= 4 is 23.4 Å². The third-order valence-corrected chi connectivity index (χ3v) is 4.40. The average molecular weight is 407 g/mol. The summed E-state index contributed by atoms with van der Waals surface area (Å²) < 4.78 is 19.6. The van der Waals surface area contributed by atoms with E-state index in [9.17, 15) is 14.0 Å². The van der Waals surface area contributed by atoms with Gasteiger partial charge in [0, 0.05) is 18.2 Å². The fourth-order valence-corrected chi connectivity index (χ4v) is 2.77. The smallest absolute Gasteiger partial charge is 0.261 e. The van der Waals surface area contributed by atoms with Crippen LogP contribution in [0.15, 0.2) is 48.5 Å². The second-order valence-corrected chi connectivity index (χ2v) is 7.08. The average Bonchev–Trinajstić information content (AvgIpc) is 2.65. The molecular weight excluding hydrogens is 383 g/mol. The predicted octanol–water partition coefficient (Wildman–Crippen LogP) is 3.80. The number of nitrogens with zero attached hydrogens (tertiary/aromatic N) is 1. The van der Waals surface area contributed by atoms with Crippen LogP contribution >= 0.6 is 11.6 Å². The molecule has 0 saturated carbocycles. The van der Waals surface area contributed by atoms with Gasteiger partial charge in [0.1, 0.15) is 17.6 Å². The van der Waals surface area contributed by atoms with Crippen molar-refractivity contribution in [1.29, 1.82) is 0 Å². The molecule has 2 aromatic carbocycles. The van der Waals surface area contributed by atoms with E-state index < -0.39 is 17.8 Å². The normalized spacial score (nSPS) is 11.8. The second kappa shape index (κ2) is 10.1. The summed E-state index contributed by atoms with van der Waals surface area (Å²) in [6.07, 6.45) is 0. The lowest BCUT2D eigenvalue weighted by atomic mass is 10.1. The first-order valence-corrected chi connectivity index (χ1v) is 9.38. The van der Waals surface area contributed by atoms with Crippen molar-refractivity contribution in [3.8, 4) is 5.75 Å². The van der Waals surface area contributed by atoms with Crippen LogP contribution in [0.2, 0.25) is 5.02 Å². The van der Waals surface area contributed by atoms with Gasteiger partial charge in [-0.15, -0.1) is 0 Å². The summed E-state index contributed by atoms with van der Waals surface area (Å²) in [6.45, 7) is 4.88. The van der Waals surface area contributed by atoms with Crippen molar-refractivity contribution in [3.05, 3.63) is 64.9 Å². The first-order chi connectivity index (χ1) is 13.3. The SMILES string of the molecule is CC(C)NC(=O)C(C)N(Cc1ccccc1F)C(=O)COc1ccccc1Cl. The van der Waals surface area contributed by atoms with Gasteiger partial charge >= 0.3 is 0 Å². The third-order valence-electron chi connectivity index (χ3n) is 4.08. The Kier molecular flexibility index (Phi) is 7.81. The fourth-order valence-electron chi connectivity index (χ4n) is 2.58. The van der Waals surface area contributed by atoms with Crippen molar-refractivity contribution in [2.75, 3.05) is 6.61 Å². The molecule has 2 rings (SSSR count). The summed E-state index contributed by atoms with van der Waals surface area (Å²) in [5, 5.41) is 3.15.